The number of rotatable bonds is 5. The third-order valence-electron chi connectivity index (χ3n) is 2.53. The number of methoxy groups -OCH3 is 1. The van der Waals surface area contributed by atoms with Crippen LogP contribution in [0.4, 0.5) is 0 Å². The Kier molecular flexibility index (Phi) is 5.06. The number of hydrogen-bond donors (Lipinski definition) is 1. The maximum absolute atomic E-state index is 6.17. The highest BCUT2D eigenvalue weighted by molar-refractivity contribution is 9.11. The van der Waals surface area contributed by atoms with Crippen molar-refractivity contribution in [2.45, 2.75) is 13.1 Å². The summed E-state index contributed by atoms with van der Waals surface area (Å²) in [5.74, 6) is 0.822. The summed E-state index contributed by atoms with van der Waals surface area (Å²) >= 11 is 11.3. The first-order valence-corrected chi connectivity index (χ1v) is 7.45. The first-order chi connectivity index (χ1) is 8.70. The van der Waals surface area contributed by atoms with Gasteiger partial charge >= 0.3 is 0 Å². The van der Waals surface area contributed by atoms with E-state index in [4.69, 9.17) is 16.3 Å². The van der Waals surface area contributed by atoms with E-state index in [-0.39, 0.29) is 0 Å². The number of hydrogen-bond acceptors (Lipinski definition) is 3. The predicted molar refractivity (Wildman–Crippen MR) is 80.6 cm³/mol. The summed E-state index contributed by atoms with van der Waals surface area (Å²) < 4.78 is 6.45. The normalized spacial score (nSPS) is 10.6. The van der Waals surface area contributed by atoms with Crippen molar-refractivity contribution in [1.29, 1.82) is 0 Å². The molecule has 0 aliphatic heterocycles. The molecule has 0 fully saturated rings. The molecule has 0 amide bonds. The Bertz CT molecular complexity index is 529. The third-order valence-corrected chi connectivity index (χ3v) is 4.50. The Morgan fingerprint density at radius 3 is 2.78 bits per heavy atom. The van der Waals surface area contributed by atoms with Crippen LogP contribution < -0.4 is 10.1 Å². The highest BCUT2D eigenvalue weighted by Crippen LogP contribution is 2.26. The maximum Gasteiger partial charge on any atom is 0.124 e. The second-order valence-electron chi connectivity index (χ2n) is 3.73. The third kappa shape index (κ3) is 3.48. The van der Waals surface area contributed by atoms with Crippen molar-refractivity contribution >= 4 is 38.9 Å². The molecule has 1 N–H and O–H groups in total. The molecule has 2 nitrogen and oxygen atoms in total. The number of thiophene rings is 1. The van der Waals surface area contributed by atoms with Gasteiger partial charge in [-0.05, 0) is 40.2 Å². The Balaban J connectivity index is 1.98. The van der Waals surface area contributed by atoms with E-state index in [1.54, 1.807) is 18.4 Å². The van der Waals surface area contributed by atoms with Crippen LogP contribution in [0.3, 0.4) is 0 Å². The molecule has 5 heteroatoms. The zero-order valence-corrected chi connectivity index (χ0v) is 13.0. The molecule has 18 heavy (non-hydrogen) atoms. The molecule has 2 aromatic rings. The second kappa shape index (κ2) is 6.57. The van der Waals surface area contributed by atoms with Gasteiger partial charge in [0.15, 0.2) is 0 Å². The van der Waals surface area contributed by atoms with Gasteiger partial charge in [-0.1, -0.05) is 17.7 Å². The Morgan fingerprint density at radius 2 is 2.11 bits per heavy atom. The molecule has 0 atom stereocenters. The molecule has 2 rings (SSSR count). The van der Waals surface area contributed by atoms with Gasteiger partial charge in [-0.3, -0.25) is 0 Å². The Labute approximate surface area is 124 Å². The average Bonchev–Trinajstić information content (AvgIpc) is 2.77. The topological polar surface area (TPSA) is 21.3 Å². The smallest absolute Gasteiger partial charge is 0.124 e. The van der Waals surface area contributed by atoms with E-state index >= 15 is 0 Å². The predicted octanol–water partition coefficient (Wildman–Crippen LogP) is 4.46. The lowest BCUT2D eigenvalue weighted by Gasteiger charge is -2.10. The fraction of sp³-hybridized carbons (Fsp3) is 0.231. The second-order valence-corrected chi connectivity index (χ2v) is 6.68. The SMILES string of the molecule is COc1cccc(Cl)c1CNCc1ccc(Br)s1. The minimum Gasteiger partial charge on any atom is -0.496 e. The van der Waals surface area contributed by atoms with E-state index in [9.17, 15) is 0 Å². The van der Waals surface area contributed by atoms with Crippen LogP contribution in [-0.2, 0) is 13.1 Å². The zero-order valence-electron chi connectivity index (χ0n) is 9.87. The summed E-state index contributed by atoms with van der Waals surface area (Å²) in [5, 5.41) is 4.10. The van der Waals surface area contributed by atoms with E-state index < -0.39 is 0 Å². The van der Waals surface area contributed by atoms with E-state index in [0.717, 1.165) is 26.7 Å². The quantitative estimate of drug-likeness (QED) is 0.863. The molecule has 0 saturated heterocycles. The summed E-state index contributed by atoms with van der Waals surface area (Å²) in [7, 11) is 1.66. The Morgan fingerprint density at radius 1 is 1.28 bits per heavy atom. The van der Waals surface area contributed by atoms with Crippen molar-refractivity contribution in [2.24, 2.45) is 0 Å². The average molecular weight is 347 g/mol. The Hall–Kier alpha value is -0.550. The van der Waals surface area contributed by atoms with E-state index in [0.29, 0.717) is 6.54 Å². The van der Waals surface area contributed by atoms with Crippen molar-refractivity contribution in [3.63, 3.8) is 0 Å². The number of benzene rings is 1. The van der Waals surface area contributed by atoms with Crippen LogP contribution in [0.5, 0.6) is 5.75 Å². The molecule has 1 aromatic heterocycles. The van der Waals surface area contributed by atoms with Gasteiger partial charge in [0, 0.05) is 28.6 Å². The van der Waals surface area contributed by atoms with E-state index in [2.05, 4.69) is 33.4 Å². The van der Waals surface area contributed by atoms with Crippen LogP contribution in [0.25, 0.3) is 0 Å². The lowest BCUT2D eigenvalue weighted by molar-refractivity contribution is 0.408. The van der Waals surface area contributed by atoms with Gasteiger partial charge in [0.2, 0.25) is 0 Å². The van der Waals surface area contributed by atoms with Crippen molar-refractivity contribution < 1.29 is 4.74 Å². The van der Waals surface area contributed by atoms with Crippen molar-refractivity contribution in [2.75, 3.05) is 7.11 Å². The summed E-state index contributed by atoms with van der Waals surface area (Å²) in [6.07, 6.45) is 0. The molecule has 1 aromatic carbocycles. The van der Waals surface area contributed by atoms with Gasteiger partial charge in [0.1, 0.15) is 5.75 Å². The molecule has 1 heterocycles. The molecule has 0 aliphatic rings. The van der Waals surface area contributed by atoms with Gasteiger partial charge in [0.05, 0.1) is 10.9 Å². The van der Waals surface area contributed by atoms with Crippen molar-refractivity contribution in [1.82, 2.24) is 5.32 Å². The van der Waals surface area contributed by atoms with Gasteiger partial charge in [-0.25, -0.2) is 0 Å². The molecule has 0 bridgehead atoms. The summed E-state index contributed by atoms with van der Waals surface area (Å²) in [5.41, 5.74) is 0.997. The molecular formula is C13H13BrClNOS. The number of ether oxygens (including phenoxy) is 1. The molecule has 0 unspecified atom stereocenters. The number of nitrogens with one attached hydrogen (secondary N) is 1. The lowest BCUT2D eigenvalue weighted by atomic mass is 10.2. The monoisotopic (exact) mass is 345 g/mol. The maximum atomic E-state index is 6.17. The molecule has 0 radical (unpaired) electrons. The highest BCUT2D eigenvalue weighted by atomic mass is 79.9. The molecule has 96 valence electrons. The fourth-order valence-corrected chi connectivity index (χ4v) is 3.34. The molecule has 0 aliphatic carbocycles. The fourth-order valence-electron chi connectivity index (χ4n) is 1.66. The number of halogens is 2. The van der Waals surface area contributed by atoms with Crippen LogP contribution in [0.15, 0.2) is 34.1 Å². The highest BCUT2D eigenvalue weighted by Gasteiger charge is 2.07. The van der Waals surface area contributed by atoms with Crippen LogP contribution in [0.2, 0.25) is 5.02 Å². The standard InChI is InChI=1S/C13H13BrClNOS/c1-17-12-4-2-3-11(15)10(12)8-16-7-9-5-6-13(14)18-9/h2-6,16H,7-8H2,1H3. The van der Waals surface area contributed by atoms with Gasteiger partial charge < -0.3 is 10.1 Å². The molecular weight excluding hydrogens is 334 g/mol. The summed E-state index contributed by atoms with van der Waals surface area (Å²) in [4.78, 5) is 1.29. The van der Waals surface area contributed by atoms with Crippen LogP contribution in [0, 0.1) is 0 Å². The van der Waals surface area contributed by atoms with Gasteiger partial charge in [-0.2, -0.15) is 0 Å². The van der Waals surface area contributed by atoms with Gasteiger partial charge in [-0.15, -0.1) is 11.3 Å². The molecule has 0 spiro atoms. The van der Waals surface area contributed by atoms with Crippen LogP contribution in [-0.4, -0.2) is 7.11 Å². The lowest BCUT2D eigenvalue weighted by Crippen LogP contribution is -2.12. The summed E-state index contributed by atoms with van der Waals surface area (Å²) in [6, 6.07) is 9.85. The van der Waals surface area contributed by atoms with Gasteiger partial charge in [0.25, 0.3) is 0 Å². The van der Waals surface area contributed by atoms with E-state index in [1.807, 2.05) is 18.2 Å². The first-order valence-electron chi connectivity index (χ1n) is 5.47. The molecule has 0 saturated carbocycles. The van der Waals surface area contributed by atoms with Crippen molar-refractivity contribution in [3.8, 4) is 5.75 Å². The van der Waals surface area contributed by atoms with Crippen molar-refractivity contribution in [3.05, 3.63) is 49.6 Å². The van der Waals surface area contributed by atoms with Crippen LogP contribution in [0.1, 0.15) is 10.4 Å². The minimum atomic E-state index is 0.693. The minimum absolute atomic E-state index is 0.693. The zero-order chi connectivity index (χ0) is 13.0. The summed E-state index contributed by atoms with van der Waals surface area (Å²) in [6.45, 7) is 1.52. The van der Waals surface area contributed by atoms with E-state index in [1.165, 1.54) is 4.88 Å². The largest absolute Gasteiger partial charge is 0.496 e. The van der Waals surface area contributed by atoms with Crippen LogP contribution >= 0.6 is 38.9 Å². The first kappa shape index (κ1) is 13.9.